The van der Waals surface area contributed by atoms with Gasteiger partial charge in [0, 0.05) is 23.4 Å². The highest BCUT2D eigenvalue weighted by Gasteiger charge is 2.10. The summed E-state index contributed by atoms with van der Waals surface area (Å²) in [6.45, 7) is 3.91. The highest BCUT2D eigenvalue weighted by molar-refractivity contribution is 6.05. The van der Waals surface area contributed by atoms with E-state index in [0.29, 0.717) is 23.4 Å². The molecule has 0 fully saturated rings. The number of hydrogen-bond donors (Lipinski definition) is 3. The lowest BCUT2D eigenvalue weighted by molar-refractivity contribution is -0.116. The van der Waals surface area contributed by atoms with E-state index in [9.17, 15) is 14.4 Å². The summed E-state index contributed by atoms with van der Waals surface area (Å²) in [5, 5.41) is 14.3. The first-order valence-electron chi connectivity index (χ1n) is 7.90. The molecule has 0 saturated carbocycles. The van der Waals surface area contributed by atoms with Crippen molar-refractivity contribution < 1.29 is 19.5 Å². The van der Waals surface area contributed by atoms with Crippen molar-refractivity contribution in [2.75, 3.05) is 10.6 Å². The maximum absolute atomic E-state index is 12.3. The zero-order valence-corrected chi connectivity index (χ0v) is 14.1. The Labute approximate surface area is 145 Å². The summed E-state index contributed by atoms with van der Waals surface area (Å²) < 4.78 is 0. The van der Waals surface area contributed by atoms with E-state index in [1.807, 2.05) is 13.8 Å². The number of amides is 2. The van der Waals surface area contributed by atoms with Gasteiger partial charge in [0.15, 0.2) is 0 Å². The molecular formula is C19H20N2O4. The average molecular weight is 340 g/mol. The second-order valence-corrected chi connectivity index (χ2v) is 6.06. The number of carboxylic acids is 1. The maximum Gasteiger partial charge on any atom is 0.335 e. The molecule has 6 heteroatoms. The number of hydrogen-bond acceptors (Lipinski definition) is 3. The highest BCUT2D eigenvalue weighted by Crippen LogP contribution is 2.15. The summed E-state index contributed by atoms with van der Waals surface area (Å²) in [4.78, 5) is 35.0. The molecule has 0 saturated heterocycles. The van der Waals surface area contributed by atoms with Gasteiger partial charge < -0.3 is 15.7 Å². The zero-order valence-electron chi connectivity index (χ0n) is 14.1. The Morgan fingerprint density at radius 1 is 0.920 bits per heavy atom. The molecule has 0 aliphatic heterocycles. The lowest BCUT2D eigenvalue weighted by atomic mass is 10.1. The van der Waals surface area contributed by atoms with Crippen LogP contribution in [0.3, 0.4) is 0 Å². The van der Waals surface area contributed by atoms with E-state index in [4.69, 9.17) is 5.11 Å². The first-order valence-corrected chi connectivity index (χ1v) is 7.90. The van der Waals surface area contributed by atoms with Crippen LogP contribution in [-0.2, 0) is 4.79 Å². The third kappa shape index (κ3) is 5.46. The van der Waals surface area contributed by atoms with E-state index in [2.05, 4.69) is 10.6 Å². The molecule has 130 valence electrons. The van der Waals surface area contributed by atoms with Crippen LogP contribution in [0, 0.1) is 5.92 Å². The molecule has 0 heterocycles. The molecule has 2 aromatic carbocycles. The number of carbonyl (C=O) groups is 3. The van der Waals surface area contributed by atoms with Gasteiger partial charge >= 0.3 is 5.97 Å². The fourth-order valence-electron chi connectivity index (χ4n) is 2.22. The van der Waals surface area contributed by atoms with Crippen LogP contribution in [0.1, 0.15) is 41.0 Å². The molecule has 25 heavy (non-hydrogen) atoms. The molecular weight excluding hydrogens is 320 g/mol. The summed E-state index contributed by atoms with van der Waals surface area (Å²) in [5.41, 5.74) is 1.58. The summed E-state index contributed by atoms with van der Waals surface area (Å²) in [6, 6.07) is 12.5. The zero-order chi connectivity index (χ0) is 18.4. The van der Waals surface area contributed by atoms with E-state index in [1.165, 1.54) is 24.3 Å². The Bertz CT molecular complexity index is 782. The van der Waals surface area contributed by atoms with E-state index in [-0.39, 0.29) is 23.3 Å². The fourth-order valence-corrected chi connectivity index (χ4v) is 2.22. The van der Waals surface area contributed by atoms with Crippen LogP contribution in [0.15, 0.2) is 48.5 Å². The molecule has 0 aromatic heterocycles. The minimum absolute atomic E-state index is 0.100. The molecule has 2 aromatic rings. The predicted molar refractivity (Wildman–Crippen MR) is 95.9 cm³/mol. The molecule has 6 nitrogen and oxygen atoms in total. The number of carbonyl (C=O) groups excluding carboxylic acids is 2. The summed E-state index contributed by atoms with van der Waals surface area (Å²) >= 11 is 0. The number of rotatable bonds is 6. The standard InChI is InChI=1S/C19H20N2O4/c1-12(2)10-17(22)20-16-5-3-4-14(11-16)18(23)21-15-8-6-13(7-9-15)19(24)25/h3-9,11-12H,10H2,1-2H3,(H,20,22)(H,21,23)(H,24,25). The monoisotopic (exact) mass is 340 g/mol. The normalized spacial score (nSPS) is 10.4. The van der Waals surface area contributed by atoms with Gasteiger partial charge in [0.05, 0.1) is 5.56 Å². The molecule has 0 atom stereocenters. The SMILES string of the molecule is CC(C)CC(=O)Nc1cccc(C(=O)Nc2ccc(C(=O)O)cc2)c1. The number of carboxylic acid groups (broad SMARTS) is 1. The minimum atomic E-state index is -1.03. The molecule has 0 aliphatic carbocycles. The summed E-state index contributed by atoms with van der Waals surface area (Å²) in [5.74, 6) is -1.22. The molecule has 0 radical (unpaired) electrons. The van der Waals surface area contributed by atoms with E-state index >= 15 is 0 Å². The van der Waals surface area contributed by atoms with Crippen molar-refractivity contribution in [3.8, 4) is 0 Å². The molecule has 2 amide bonds. The first kappa shape index (κ1) is 18.2. The molecule has 3 N–H and O–H groups in total. The number of anilines is 2. The molecule has 0 unspecified atom stereocenters. The van der Waals surface area contributed by atoms with Crippen molar-refractivity contribution in [3.05, 3.63) is 59.7 Å². The second kappa shape index (κ2) is 8.10. The Morgan fingerprint density at radius 3 is 2.20 bits per heavy atom. The van der Waals surface area contributed by atoms with Crippen LogP contribution in [0.25, 0.3) is 0 Å². The van der Waals surface area contributed by atoms with Crippen molar-refractivity contribution in [2.24, 2.45) is 5.92 Å². The Morgan fingerprint density at radius 2 is 1.60 bits per heavy atom. The van der Waals surface area contributed by atoms with Crippen molar-refractivity contribution in [1.82, 2.24) is 0 Å². The van der Waals surface area contributed by atoms with E-state index < -0.39 is 5.97 Å². The van der Waals surface area contributed by atoms with Gasteiger partial charge in [-0.2, -0.15) is 0 Å². The second-order valence-electron chi connectivity index (χ2n) is 6.06. The van der Waals surface area contributed by atoms with Gasteiger partial charge in [-0.15, -0.1) is 0 Å². The quantitative estimate of drug-likeness (QED) is 0.748. The van der Waals surface area contributed by atoms with Crippen LogP contribution >= 0.6 is 0 Å². The fraction of sp³-hybridized carbons (Fsp3) is 0.211. The van der Waals surface area contributed by atoms with Gasteiger partial charge in [-0.05, 0) is 48.4 Å². The maximum atomic E-state index is 12.3. The largest absolute Gasteiger partial charge is 0.478 e. The lowest BCUT2D eigenvalue weighted by Gasteiger charge is -2.09. The summed E-state index contributed by atoms with van der Waals surface area (Å²) in [7, 11) is 0. The predicted octanol–water partition coefficient (Wildman–Crippen LogP) is 3.62. The Balaban J connectivity index is 2.05. The van der Waals surface area contributed by atoms with Crippen molar-refractivity contribution >= 4 is 29.2 Å². The Kier molecular flexibility index (Phi) is 5.89. The number of nitrogens with one attached hydrogen (secondary N) is 2. The molecule has 0 spiro atoms. The van der Waals surface area contributed by atoms with Gasteiger partial charge in [0.25, 0.3) is 5.91 Å². The van der Waals surface area contributed by atoms with Gasteiger partial charge in [-0.25, -0.2) is 4.79 Å². The summed E-state index contributed by atoms with van der Waals surface area (Å²) in [6.07, 6.45) is 0.409. The van der Waals surface area contributed by atoms with E-state index in [1.54, 1.807) is 24.3 Å². The number of aromatic carboxylic acids is 1. The first-order chi connectivity index (χ1) is 11.8. The molecule has 2 rings (SSSR count). The van der Waals surface area contributed by atoms with Crippen LogP contribution in [0.4, 0.5) is 11.4 Å². The average Bonchev–Trinajstić information content (AvgIpc) is 2.54. The van der Waals surface area contributed by atoms with Crippen LogP contribution < -0.4 is 10.6 Å². The van der Waals surface area contributed by atoms with Gasteiger partial charge in [0.1, 0.15) is 0 Å². The van der Waals surface area contributed by atoms with Gasteiger partial charge in [-0.3, -0.25) is 9.59 Å². The van der Waals surface area contributed by atoms with Crippen LogP contribution in [-0.4, -0.2) is 22.9 Å². The van der Waals surface area contributed by atoms with E-state index in [0.717, 1.165) is 0 Å². The third-order valence-electron chi connectivity index (χ3n) is 3.39. The van der Waals surface area contributed by atoms with Crippen molar-refractivity contribution in [2.45, 2.75) is 20.3 Å². The lowest BCUT2D eigenvalue weighted by Crippen LogP contribution is -2.15. The van der Waals surface area contributed by atoms with Crippen LogP contribution in [0.5, 0.6) is 0 Å². The van der Waals surface area contributed by atoms with Crippen molar-refractivity contribution in [3.63, 3.8) is 0 Å². The smallest absolute Gasteiger partial charge is 0.335 e. The highest BCUT2D eigenvalue weighted by atomic mass is 16.4. The number of benzene rings is 2. The van der Waals surface area contributed by atoms with Crippen LogP contribution in [0.2, 0.25) is 0 Å². The van der Waals surface area contributed by atoms with Crippen molar-refractivity contribution in [1.29, 1.82) is 0 Å². The Hall–Kier alpha value is -3.15. The van der Waals surface area contributed by atoms with Gasteiger partial charge in [0.2, 0.25) is 5.91 Å². The third-order valence-corrected chi connectivity index (χ3v) is 3.39. The minimum Gasteiger partial charge on any atom is -0.478 e. The van der Waals surface area contributed by atoms with Gasteiger partial charge in [-0.1, -0.05) is 19.9 Å². The molecule has 0 aliphatic rings. The topological polar surface area (TPSA) is 95.5 Å². The molecule has 0 bridgehead atoms.